The zero-order chi connectivity index (χ0) is 30.4. The van der Waals surface area contributed by atoms with E-state index >= 15 is 0 Å². The van der Waals surface area contributed by atoms with E-state index in [1.165, 1.54) is 12.5 Å². The third-order valence-electron chi connectivity index (χ3n) is 10.5. The van der Waals surface area contributed by atoms with Crippen LogP contribution in [0.5, 0.6) is 17.2 Å². The summed E-state index contributed by atoms with van der Waals surface area (Å²) in [5, 5.41) is 0. The van der Waals surface area contributed by atoms with E-state index in [0.29, 0.717) is 23.5 Å². The Morgan fingerprint density at radius 3 is 2.55 bits per heavy atom. The Bertz CT molecular complexity index is 1590. The quantitative estimate of drug-likeness (QED) is 0.197. The third kappa shape index (κ3) is 4.69. The Morgan fingerprint density at radius 1 is 1.07 bits per heavy atom. The van der Waals surface area contributed by atoms with E-state index in [-0.39, 0.29) is 29.4 Å². The fourth-order valence-corrected chi connectivity index (χ4v) is 8.64. The topological polar surface area (TPSA) is 68.3 Å². The molecule has 0 radical (unpaired) electrons. The van der Waals surface area contributed by atoms with Gasteiger partial charge in [-0.25, -0.2) is 0 Å². The van der Waals surface area contributed by atoms with E-state index in [0.717, 1.165) is 67.6 Å². The molecule has 0 unspecified atom stereocenters. The summed E-state index contributed by atoms with van der Waals surface area (Å²) in [5.41, 5.74) is 4.24. The molecule has 2 aliphatic carbocycles. The maximum atomic E-state index is 13.6. The number of likely N-dealkylation sites (N-methyl/N-ethyl adjacent to an activating group) is 1. The summed E-state index contributed by atoms with van der Waals surface area (Å²) in [6.45, 7) is 3.37. The molecule has 3 aromatic rings. The number of amides is 1. The lowest BCUT2D eigenvalue weighted by Gasteiger charge is -2.60. The number of likely N-dealkylation sites (tertiary alicyclic amines) is 1. The molecule has 4 aliphatic rings. The van der Waals surface area contributed by atoms with Crippen LogP contribution >= 0.6 is 0 Å². The number of hydrogen-bond acceptors (Lipinski definition) is 6. The lowest BCUT2D eigenvalue weighted by atomic mass is 9.50. The second-order valence-corrected chi connectivity index (χ2v) is 12.7. The SMILES string of the molecule is COc1cc(OC(C)=O)c2c3c1O[C@H]1[C@H](N(C)C(=O)C=Cc4ccccc4)CC[C@H]4[C@@H](C2)N(CCc2ccccc2)CC[C@@]341. The average molecular weight is 593 g/mol. The van der Waals surface area contributed by atoms with E-state index in [1.807, 2.05) is 54.4 Å². The summed E-state index contributed by atoms with van der Waals surface area (Å²) >= 11 is 0. The first-order valence-corrected chi connectivity index (χ1v) is 15.8. The Hall–Kier alpha value is -4.10. The normalized spacial score (nSPS) is 26.5. The van der Waals surface area contributed by atoms with Gasteiger partial charge in [-0.1, -0.05) is 60.7 Å². The number of carbonyl (C=O) groups excluding carboxylic acids is 2. The first kappa shape index (κ1) is 28.7. The van der Waals surface area contributed by atoms with Gasteiger partial charge in [0.2, 0.25) is 5.91 Å². The third-order valence-corrected chi connectivity index (χ3v) is 10.5. The lowest BCUT2D eigenvalue weighted by molar-refractivity contribution is -0.135. The van der Waals surface area contributed by atoms with Crippen molar-refractivity contribution >= 4 is 18.0 Å². The number of esters is 1. The molecule has 5 atom stereocenters. The minimum absolute atomic E-state index is 0.0336. The predicted octanol–water partition coefficient (Wildman–Crippen LogP) is 5.44. The number of methoxy groups -OCH3 is 1. The highest BCUT2D eigenvalue weighted by Crippen LogP contribution is 2.65. The molecule has 2 heterocycles. The molecule has 7 heteroatoms. The highest BCUT2D eigenvalue weighted by atomic mass is 16.5. The van der Waals surface area contributed by atoms with Crippen molar-refractivity contribution in [2.45, 2.75) is 62.6 Å². The van der Waals surface area contributed by atoms with Crippen molar-refractivity contribution in [1.82, 2.24) is 9.80 Å². The number of nitrogens with zero attached hydrogens (tertiary/aromatic N) is 2. The second kappa shape index (κ2) is 11.4. The highest BCUT2D eigenvalue weighted by Gasteiger charge is 2.67. The maximum absolute atomic E-state index is 13.6. The number of ether oxygens (including phenoxy) is 3. The Morgan fingerprint density at radius 2 is 1.82 bits per heavy atom. The maximum Gasteiger partial charge on any atom is 0.308 e. The van der Waals surface area contributed by atoms with Crippen LogP contribution in [-0.4, -0.2) is 67.1 Å². The molecule has 1 spiro atoms. The van der Waals surface area contributed by atoms with E-state index in [1.54, 1.807) is 13.2 Å². The van der Waals surface area contributed by atoms with Crippen LogP contribution in [0.15, 0.2) is 72.8 Å². The molecule has 0 aromatic heterocycles. The molecule has 44 heavy (non-hydrogen) atoms. The van der Waals surface area contributed by atoms with Crippen LogP contribution < -0.4 is 14.2 Å². The van der Waals surface area contributed by atoms with Crippen LogP contribution in [0.25, 0.3) is 6.08 Å². The van der Waals surface area contributed by atoms with Crippen LogP contribution in [0.4, 0.5) is 0 Å². The second-order valence-electron chi connectivity index (χ2n) is 12.7. The van der Waals surface area contributed by atoms with Crippen molar-refractivity contribution in [2.24, 2.45) is 5.92 Å². The smallest absolute Gasteiger partial charge is 0.308 e. The van der Waals surface area contributed by atoms with Crippen molar-refractivity contribution in [1.29, 1.82) is 0 Å². The molecule has 1 amide bonds. The Balaban J connectivity index is 1.26. The largest absolute Gasteiger partial charge is 0.493 e. The number of carbonyl (C=O) groups is 2. The molecular weight excluding hydrogens is 552 g/mol. The van der Waals surface area contributed by atoms with Gasteiger partial charge in [0.1, 0.15) is 11.9 Å². The molecule has 2 fully saturated rings. The van der Waals surface area contributed by atoms with Gasteiger partial charge in [-0.3, -0.25) is 14.5 Å². The average Bonchev–Trinajstić information content (AvgIpc) is 3.38. The van der Waals surface area contributed by atoms with Crippen molar-refractivity contribution in [3.63, 3.8) is 0 Å². The number of piperidine rings is 1. The summed E-state index contributed by atoms with van der Waals surface area (Å²) < 4.78 is 18.7. The van der Waals surface area contributed by atoms with Gasteiger partial charge in [-0.05, 0) is 61.8 Å². The molecule has 7 nitrogen and oxygen atoms in total. The molecular formula is C37H40N2O5. The minimum Gasteiger partial charge on any atom is -0.493 e. The first-order valence-electron chi connectivity index (χ1n) is 15.8. The standard InChI is InChI=1S/C37H40N2O5/c1-24(40)43-31-23-32(42-3)35-34-27(31)22-30-28-15-16-29(38(2)33(41)17-14-25-10-6-4-7-11-25)36(44-35)37(28,34)19-21-39(30)20-18-26-12-8-5-9-13-26/h4-14,17,23,28-30,36H,15-16,18-22H2,1-3H3/t28-,29+,30+,36-,37-/m0/s1. The van der Waals surface area contributed by atoms with Crippen LogP contribution in [0.1, 0.15) is 48.4 Å². The van der Waals surface area contributed by atoms with Crippen LogP contribution in [0, 0.1) is 5.92 Å². The highest BCUT2D eigenvalue weighted by molar-refractivity contribution is 5.92. The predicted molar refractivity (Wildman–Crippen MR) is 169 cm³/mol. The van der Waals surface area contributed by atoms with Gasteiger partial charge in [-0.15, -0.1) is 0 Å². The molecule has 228 valence electrons. The number of hydrogen-bond donors (Lipinski definition) is 0. The molecule has 2 aliphatic heterocycles. The van der Waals surface area contributed by atoms with Gasteiger partial charge in [-0.2, -0.15) is 0 Å². The van der Waals surface area contributed by atoms with Gasteiger partial charge in [0.15, 0.2) is 11.5 Å². The lowest BCUT2D eigenvalue weighted by Crippen LogP contribution is -2.69. The van der Waals surface area contributed by atoms with Gasteiger partial charge in [0.25, 0.3) is 0 Å². The van der Waals surface area contributed by atoms with Crippen molar-refractivity contribution in [3.8, 4) is 17.2 Å². The van der Waals surface area contributed by atoms with Gasteiger partial charge >= 0.3 is 5.97 Å². The van der Waals surface area contributed by atoms with Crippen molar-refractivity contribution < 1.29 is 23.8 Å². The van der Waals surface area contributed by atoms with Crippen LogP contribution in [0.3, 0.4) is 0 Å². The Kier molecular flexibility index (Phi) is 7.45. The van der Waals surface area contributed by atoms with E-state index < -0.39 is 0 Å². The summed E-state index contributed by atoms with van der Waals surface area (Å²) in [5.74, 6) is 1.90. The zero-order valence-electron chi connectivity index (χ0n) is 25.7. The summed E-state index contributed by atoms with van der Waals surface area (Å²) in [4.78, 5) is 30.4. The first-order chi connectivity index (χ1) is 21.4. The van der Waals surface area contributed by atoms with Gasteiger partial charge in [0.05, 0.1) is 13.2 Å². The molecule has 0 N–H and O–H groups in total. The number of rotatable bonds is 8. The summed E-state index contributed by atoms with van der Waals surface area (Å²) in [7, 11) is 3.54. The van der Waals surface area contributed by atoms with E-state index in [9.17, 15) is 9.59 Å². The van der Waals surface area contributed by atoms with E-state index in [2.05, 4.69) is 35.2 Å². The number of benzene rings is 3. The minimum atomic E-state index is -0.346. The molecule has 2 bridgehead atoms. The summed E-state index contributed by atoms with van der Waals surface area (Å²) in [6, 6.07) is 22.6. The van der Waals surface area contributed by atoms with Gasteiger partial charge < -0.3 is 19.1 Å². The van der Waals surface area contributed by atoms with Crippen molar-refractivity contribution in [2.75, 3.05) is 27.2 Å². The Labute approximate surface area is 259 Å². The van der Waals surface area contributed by atoms with E-state index in [4.69, 9.17) is 14.2 Å². The summed E-state index contributed by atoms with van der Waals surface area (Å²) in [6.07, 6.45) is 7.89. The van der Waals surface area contributed by atoms with Crippen molar-refractivity contribution in [3.05, 3.63) is 95.1 Å². The fraction of sp³-hybridized carbons (Fsp3) is 0.405. The molecule has 1 saturated heterocycles. The fourth-order valence-electron chi connectivity index (χ4n) is 8.64. The van der Waals surface area contributed by atoms with Crippen LogP contribution in [0.2, 0.25) is 0 Å². The zero-order valence-corrected chi connectivity index (χ0v) is 25.7. The van der Waals surface area contributed by atoms with Crippen LogP contribution in [-0.2, 0) is 27.8 Å². The molecule has 1 saturated carbocycles. The molecule has 7 rings (SSSR count). The monoisotopic (exact) mass is 592 g/mol. The molecule has 3 aromatic carbocycles. The van der Waals surface area contributed by atoms with Gasteiger partial charge in [0, 0.05) is 55.2 Å².